The standard InChI is InChI=1S/C14H12Br2ClN3/c1-7-12(17)19-14(8-2-3-8)20-13(7)18-11-6-9(15)4-5-10(11)16/h4-6,8H,2-3H2,1H3,(H,18,19,20). The molecule has 3 rings (SSSR count). The maximum Gasteiger partial charge on any atom is 0.138 e. The van der Waals surface area contributed by atoms with Crippen molar-refractivity contribution in [1.82, 2.24) is 9.97 Å². The summed E-state index contributed by atoms with van der Waals surface area (Å²) in [6.45, 7) is 1.92. The van der Waals surface area contributed by atoms with Crippen LogP contribution in [-0.4, -0.2) is 9.97 Å². The molecule has 0 unspecified atom stereocenters. The Labute approximate surface area is 139 Å². The second kappa shape index (κ2) is 5.62. The van der Waals surface area contributed by atoms with E-state index < -0.39 is 0 Å². The molecule has 1 heterocycles. The lowest BCUT2D eigenvalue weighted by Crippen LogP contribution is -2.03. The van der Waals surface area contributed by atoms with Crippen molar-refractivity contribution in [3.63, 3.8) is 0 Å². The quantitative estimate of drug-likeness (QED) is 0.662. The van der Waals surface area contributed by atoms with Gasteiger partial charge in [-0.2, -0.15) is 0 Å². The largest absolute Gasteiger partial charge is 0.339 e. The fraction of sp³-hybridized carbons (Fsp3) is 0.286. The molecule has 0 atom stereocenters. The van der Waals surface area contributed by atoms with E-state index in [9.17, 15) is 0 Å². The number of anilines is 2. The van der Waals surface area contributed by atoms with Gasteiger partial charge in [0.15, 0.2) is 0 Å². The third kappa shape index (κ3) is 3.00. The lowest BCUT2D eigenvalue weighted by atomic mass is 10.2. The third-order valence-corrected chi connectivity index (χ3v) is 4.78. The molecular weight excluding hydrogens is 405 g/mol. The highest BCUT2D eigenvalue weighted by Crippen LogP contribution is 2.40. The van der Waals surface area contributed by atoms with Gasteiger partial charge in [0, 0.05) is 20.4 Å². The van der Waals surface area contributed by atoms with Gasteiger partial charge in [0.25, 0.3) is 0 Å². The monoisotopic (exact) mass is 415 g/mol. The molecule has 1 aromatic carbocycles. The smallest absolute Gasteiger partial charge is 0.138 e. The zero-order chi connectivity index (χ0) is 14.3. The fourth-order valence-electron chi connectivity index (χ4n) is 1.87. The van der Waals surface area contributed by atoms with E-state index in [0.29, 0.717) is 11.1 Å². The van der Waals surface area contributed by atoms with E-state index in [4.69, 9.17) is 11.6 Å². The van der Waals surface area contributed by atoms with Crippen LogP contribution >= 0.6 is 43.5 Å². The van der Waals surface area contributed by atoms with E-state index in [-0.39, 0.29) is 0 Å². The van der Waals surface area contributed by atoms with Gasteiger partial charge in [-0.3, -0.25) is 0 Å². The van der Waals surface area contributed by atoms with Gasteiger partial charge in [0.2, 0.25) is 0 Å². The van der Waals surface area contributed by atoms with Gasteiger partial charge in [0.05, 0.1) is 5.69 Å². The molecule has 1 aromatic heterocycles. The maximum absolute atomic E-state index is 6.22. The number of hydrogen-bond donors (Lipinski definition) is 1. The van der Waals surface area contributed by atoms with Crippen LogP contribution < -0.4 is 5.32 Å². The molecule has 0 saturated heterocycles. The molecule has 20 heavy (non-hydrogen) atoms. The molecule has 0 radical (unpaired) electrons. The second-order valence-electron chi connectivity index (χ2n) is 4.87. The summed E-state index contributed by atoms with van der Waals surface area (Å²) in [4.78, 5) is 8.99. The van der Waals surface area contributed by atoms with E-state index >= 15 is 0 Å². The van der Waals surface area contributed by atoms with Gasteiger partial charge >= 0.3 is 0 Å². The van der Waals surface area contributed by atoms with E-state index in [1.54, 1.807) is 0 Å². The Kier molecular flexibility index (Phi) is 4.02. The van der Waals surface area contributed by atoms with Crippen molar-refractivity contribution in [3.8, 4) is 0 Å². The normalized spacial score (nSPS) is 14.4. The van der Waals surface area contributed by atoms with Crippen LogP contribution in [0.3, 0.4) is 0 Å². The summed E-state index contributed by atoms with van der Waals surface area (Å²) >= 11 is 13.2. The van der Waals surface area contributed by atoms with Gasteiger partial charge < -0.3 is 5.32 Å². The highest BCUT2D eigenvalue weighted by molar-refractivity contribution is 9.11. The number of benzene rings is 1. The summed E-state index contributed by atoms with van der Waals surface area (Å²) < 4.78 is 1.98. The zero-order valence-electron chi connectivity index (χ0n) is 10.8. The predicted molar refractivity (Wildman–Crippen MR) is 88.9 cm³/mol. The third-order valence-electron chi connectivity index (χ3n) is 3.23. The van der Waals surface area contributed by atoms with Crippen molar-refractivity contribution >= 4 is 55.0 Å². The average Bonchev–Trinajstić information content (AvgIpc) is 3.23. The number of nitrogens with one attached hydrogen (secondary N) is 1. The summed E-state index contributed by atoms with van der Waals surface area (Å²) in [7, 11) is 0. The lowest BCUT2D eigenvalue weighted by Gasteiger charge is -2.13. The number of nitrogens with zero attached hydrogens (tertiary/aromatic N) is 2. The van der Waals surface area contributed by atoms with Gasteiger partial charge in [-0.1, -0.05) is 27.5 Å². The Balaban J connectivity index is 1.99. The van der Waals surface area contributed by atoms with Crippen LogP contribution in [0.15, 0.2) is 27.1 Å². The minimum absolute atomic E-state index is 0.472. The zero-order valence-corrected chi connectivity index (χ0v) is 14.7. The van der Waals surface area contributed by atoms with Crippen molar-refractivity contribution in [3.05, 3.63) is 43.7 Å². The molecule has 0 bridgehead atoms. The fourth-order valence-corrected chi connectivity index (χ4v) is 2.76. The van der Waals surface area contributed by atoms with E-state index in [0.717, 1.165) is 44.7 Å². The van der Waals surface area contributed by atoms with Gasteiger partial charge in [0.1, 0.15) is 16.8 Å². The first kappa shape index (κ1) is 14.3. The Morgan fingerprint density at radius 3 is 2.70 bits per heavy atom. The molecule has 1 fully saturated rings. The first-order chi connectivity index (χ1) is 9.54. The summed E-state index contributed by atoms with van der Waals surface area (Å²) in [6.07, 6.45) is 2.30. The molecule has 104 valence electrons. The maximum atomic E-state index is 6.22. The van der Waals surface area contributed by atoms with Gasteiger partial charge in [-0.05, 0) is 53.9 Å². The Bertz CT molecular complexity index is 672. The first-order valence-corrected chi connectivity index (χ1v) is 8.27. The molecule has 1 aliphatic rings. The van der Waals surface area contributed by atoms with Crippen LogP contribution in [-0.2, 0) is 0 Å². The van der Waals surface area contributed by atoms with Crippen molar-refractivity contribution < 1.29 is 0 Å². The highest BCUT2D eigenvalue weighted by Gasteiger charge is 2.28. The molecular formula is C14H12Br2ClN3. The molecule has 2 aromatic rings. The Hall–Kier alpha value is -0.650. The Morgan fingerprint density at radius 1 is 1.25 bits per heavy atom. The molecule has 6 heteroatoms. The summed E-state index contributed by atoms with van der Waals surface area (Å²) in [5.41, 5.74) is 1.81. The molecule has 0 amide bonds. The molecule has 0 aliphatic heterocycles. The van der Waals surface area contributed by atoms with Gasteiger partial charge in [-0.15, -0.1) is 0 Å². The topological polar surface area (TPSA) is 37.8 Å². The van der Waals surface area contributed by atoms with Crippen molar-refractivity contribution in [2.24, 2.45) is 0 Å². The first-order valence-electron chi connectivity index (χ1n) is 6.30. The number of hydrogen-bond acceptors (Lipinski definition) is 3. The van der Waals surface area contributed by atoms with Crippen LogP contribution in [0.5, 0.6) is 0 Å². The molecule has 1 N–H and O–H groups in total. The SMILES string of the molecule is Cc1c(Cl)nc(C2CC2)nc1Nc1cc(Br)ccc1Br. The molecule has 0 spiro atoms. The minimum atomic E-state index is 0.472. The van der Waals surface area contributed by atoms with Crippen LogP contribution in [0.25, 0.3) is 0 Å². The average molecular weight is 418 g/mol. The molecule has 1 aliphatic carbocycles. The molecule has 1 saturated carbocycles. The number of rotatable bonds is 3. The Morgan fingerprint density at radius 2 is 2.00 bits per heavy atom. The second-order valence-corrected chi connectivity index (χ2v) is 7.00. The van der Waals surface area contributed by atoms with E-state index in [2.05, 4.69) is 47.1 Å². The summed E-state index contributed by atoms with van der Waals surface area (Å²) in [6, 6.07) is 5.95. The van der Waals surface area contributed by atoms with Gasteiger partial charge in [-0.25, -0.2) is 9.97 Å². The predicted octanol–water partition coefficient (Wildman–Crippen LogP) is 5.58. The van der Waals surface area contributed by atoms with E-state index in [1.807, 2.05) is 25.1 Å². The summed E-state index contributed by atoms with van der Waals surface area (Å²) in [5, 5.41) is 3.86. The van der Waals surface area contributed by atoms with Crippen LogP contribution in [0.2, 0.25) is 5.15 Å². The van der Waals surface area contributed by atoms with E-state index in [1.165, 1.54) is 0 Å². The van der Waals surface area contributed by atoms with Crippen molar-refractivity contribution in [2.75, 3.05) is 5.32 Å². The van der Waals surface area contributed by atoms with Crippen LogP contribution in [0.1, 0.15) is 30.1 Å². The van der Waals surface area contributed by atoms with Crippen LogP contribution in [0, 0.1) is 6.92 Å². The highest BCUT2D eigenvalue weighted by atomic mass is 79.9. The van der Waals surface area contributed by atoms with Crippen LogP contribution in [0.4, 0.5) is 11.5 Å². The van der Waals surface area contributed by atoms with Crippen molar-refractivity contribution in [2.45, 2.75) is 25.7 Å². The summed E-state index contributed by atoms with van der Waals surface area (Å²) in [5.74, 6) is 2.08. The lowest BCUT2D eigenvalue weighted by molar-refractivity contribution is 0.922. The number of halogens is 3. The van der Waals surface area contributed by atoms with Crippen molar-refractivity contribution in [1.29, 1.82) is 0 Å². The molecule has 3 nitrogen and oxygen atoms in total. The minimum Gasteiger partial charge on any atom is -0.339 e. The number of aromatic nitrogens is 2.